The molecule has 0 unspecified atom stereocenters. The topological polar surface area (TPSA) is 77.8 Å². The summed E-state index contributed by atoms with van der Waals surface area (Å²) in [5, 5.41) is 8.33. The summed E-state index contributed by atoms with van der Waals surface area (Å²) in [6.07, 6.45) is 0.982. The summed E-state index contributed by atoms with van der Waals surface area (Å²) >= 11 is 5.99. The number of para-hydroxylation sites is 1. The molecule has 0 radical (unpaired) electrons. The summed E-state index contributed by atoms with van der Waals surface area (Å²) in [4.78, 5) is 25.0. The predicted octanol–water partition coefficient (Wildman–Crippen LogP) is 4.92. The highest BCUT2D eigenvalue weighted by molar-refractivity contribution is 6.30. The molecule has 0 saturated heterocycles. The Hall–Kier alpha value is -3.61. The van der Waals surface area contributed by atoms with Crippen LogP contribution in [0, 0.1) is 0 Å². The fraction of sp³-hybridized carbons (Fsp3) is 0.154. The van der Waals surface area contributed by atoms with Gasteiger partial charge in [-0.05, 0) is 60.2 Å². The van der Waals surface area contributed by atoms with Crippen molar-refractivity contribution in [1.82, 2.24) is 4.57 Å². The first-order valence-corrected chi connectivity index (χ1v) is 10.6. The van der Waals surface area contributed by atoms with Crippen molar-refractivity contribution in [3.63, 3.8) is 0 Å². The van der Waals surface area contributed by atoms with Crippen molar-refractivity contribution in [3.05, 3.63) is 94.6 Å². The van der Waals surface area contributed by atoms with E-state index >= 15 is 0 Å². The van der Waals surface area contributed by atoms with Crippen molar-refractivity contribution in [1.29, 1.82) is 0 Å². The predicted molar refractivity (Wildman–Crippen MR) is 128 cm³/mol. The van der Waals surface area contributed by atoms with Gasteiger partial charge in [0, 0.05) is 29.5 Å². The van der Waals surface area contributed by atoms with Crippen molar-refractivity contribution in [3.8, 4) is 11.5 Å². The van der Waals surface area contributed by atoms with Crippen LogP contribution < -0.4 is 9.47 Å². The van der Waals surface area contributed by atoms with E-state index in [0.29, 0.717) is 33.3 Å². The van der Waals surface area contributed by atoms with Gasteiger partial charge in [0.25, 0.3) is 5.91 Å². The second-order valence-electron chi connectivity index (χ2n) is 6.93. The molecule has 0 fully saturated rings. The molecule has 1 N–H and O–H groups in total. The molecule has 0 bridgehead atoms. The zero-order valence-electron chi connectivity index (χ0n) is 18.3. The van der Waals surface area contributed by atoms with Gasteiger partial charge in [0.1, 0.15) is 24.4 Å². The van der Waals surface area contributed by atoms with E-state index in [1.165, 1.54) is 0 Å². The van der Waals surface area contributed by atoms with E-state index in [1.807, 2.05) is 42.5 Å². The number of aliphatic hydroxyl groups is 1. The van der Waals surface area contributed by atoms with E-state index in [1.54, 1.807) is 42.0 Å². The van der Waals surface area contributed by atoms with Crippen LogP contribution in [0.25, 0.3) is 10.9 Å². The first-order valence-electron chi connectivity index (χ1n) is 10.2. The number of ether oxygens (including phenoxy) is 2. The van der Waals surface area contributed by atoms with Gasteiger partial charge in [-0.2, -0.15) is 0 Å². The summed E-state index contributed by atoms with van der Waals surface area (Å²) in [6.45, 7) is 0.128. The molecule has 0 aliphatic carbocycles. The van der Waals surface area contributed by atoms with E-state index in [4.69, 9.17) is 26.2 Å². The number of fused-ring (bicyclic) bond motifs is 1. The molecule has 33 heavy (non-hydrogen) atoms. The number of nitrogens with zero attached hydrogens (tertiary/aromatic N) is 1. The highest BCUT2D eigenvalue weighted by atomic mass is 35.5. The molecule has 0 aliphatic rings. The number of methoxy groups -OCH3 is 1. The molecule has 0 spiro atoms. The Balaban J connectivity index is 0.00000149. The fourth-order valence-electron chi connectivity index (χ4n) is 3.60. The normalized spacial score (nSPS) is 10.3. The van der Waals surface area contributed by atoms with E-state index in [0.717, 1.165) is 24.3 Å². The van der Waals surface area contributed by atoms with E-state index < -0.39 is 0 Å². The first-order chi connectivity index (χ1) is 16.1. The molecular formula is C26H24ClNO5. The van der Waals surface area contributed by atoms with Gasteiger partial charge in [0.15, 0.2) is 0 Å². The van der Waals surface area contributed by atoms with Crippen LogP contribution in [-0.4, -0.2) is 36.1 Å². The van der Waals surface area contributed by atoms with Crippen molar-refractivity contribution in [2.45, 2.75) is 13.0 Å². The number of halogens is 1. The number of benzene rings is 3. The first kappa shape index (κ1) is 24.0. The Bertz CT molecular complexity index is 1230. The summed E-state index contributed by atoms with van der Waals surface area (Å²) < 4.78 is 12.9. The molecule has 0 aliphatic heterocycles. The van der Waals surface area contributed by atoms with Crippen molar-refractivity contribution in [2.24, 2.45) is 0 Å². The highest BCUT2D eigenvalue weighted by Gasteiger charge is 2.23. The van der Waals surface area contributed by atoms with Gasteiger partial charge in [0.05, 0.1) is 18.3 Å². The number of carbonyl (C=O) groups excluding carboxylic acids is 2. The highest BCUT2D eigenvalue weighted by Crippen LogP contribution is 2.32. The standard InChI is InChI=1S/C25H20ClNO4.CH4O/c1-30-20-11-12-23-22(15-20)21(13-14-28)24(16-31-19-5-3-2-4-6-19)27(23)25(29)17-7-9-18(26)10-8-17;1-2/h2-12,14-15H,13,16H2,1H3;2H,1H3. The molecule has 4 rings (SSSR count). The van der Waals surface area contributed by atoms with Crippen LogP contribution in [0.3, 0.4) is 0 Å². The van der Waals surface area contributed by atoms with Crippen LogP contribution in [0.4, 0.5) is 0 Å². The Morgan fingerprint density at radius 3 is 2.33 bits per heavy atom. The van der Waals surface area contributed by atoms with E-state index in [-0.39, 0.29) is 18.9 Å². The molecule has 1 aromatic heterocycles. The summed E-state index contributed by atoms with van der Waals surface area (Å²) in [5.74, 6) is 1.09. The van der Waals surface area contributed by atoms with Crippen LogP contribution in [0.1, 0.15) is 21.6 Å². The zero-order valence-corrected chi connectivity index (χ0v) is 19.1. The van der Waals surface area contributed by atoms with E-state index in [2.05, 4.69) is 0 Å². The van der Waals surface area contributed by atoms with Crippen molar-refractivity contribution in [2.75, 3.05) is 14.2 Å². The van der Waals surface area contributed by atoms with Gasteiger partial charge < -0.3 is 19.4 Å². The van der Waals surface area contributed by atoms with Crippen LogP contribution in [0.2, 0.25) is 5.02 Å². The maximum Gasteiger partial charge on any atom is 0.262 e. The third kappa shape index (κ3) is 5.25. The average Bonchev–Trinajstić information content (AvgIpc) is 3.17. The summed E-state index contributed by atoms with van der Waals surface area (Å²) in [5.41, 5.74) is 2.53. The number of hydrogen-bond acceptors (Lipinski definition) is 5. The molecule has 7 heteroatoms. The number of aliphatic hydroxyl groups excluding tert-OH is 1. The minimum atomic E-state index is -0.226. The largest absolute Gasteiger partial charge is 0.497 e. The van der Waals surface area contributed by atoms with Gasteiger partial charge in [-0.3, -0.25) is 9.36 Å². The van der Waals surface area contributed by atoms with Gasteiger partial charge in [-0.15, -0.1) is 0 Å². The minimum absolute atomic E-state index is 0.128. The molecule has 3 aromatic carbocycles. The quantitative estimate of drug-likeness (QED) is 0.392. The Morgan fingerprint density at radius 2 is 1.70 bits per heavy atom. The molecule has 0 amide bonds. The van der Waals surface area contributed by atoms with Gasteiger partial charge in [0.2, 0.25) is 0 Å². The lowest BCUT2D eigenvalue weighted by atomic mass is 10.1. The Morgan fingerprint density at radius 1 is 1.00 bits per heavy atom. The number of aromatic nitrogens is 1. The average molecular weight is 466 g/mol. The number of rotatable bonds is 7. The Labute approximate surface area is 196 Å². The zero-order chi connectivity index (χ0) is 23.8. The Kier molecular flexibility index (Phi) is 8.24. The van der Waals surface area contributed by atoms with Crippen molar-refractivity contribution < 1.29 is 24.2 Å². The number of hydrogen-bond donors (Lipinski definition) is 1. The summed E-state index contributed by atoms with van der Waals surface area (Å²) in [6, 6.07) is 21.5. The van der Waals surface area contributed by atoms with Gasteiger partial charge in [-0.25, -0.2) is 0 Å². The maximum atomic E-state index is 13.5. The third-order valence-corrected chi connectivity index (χ3v) is 5.34. The maximum absolute atomic E-state index is 13.5. The minimum Gasteiger partial charge on any atom is -0.497 e. The second kappa shape index (κ2) is 11.3. The SMILES string of the molecule is CO.COc1ccc2c(c1)c(CC=O)c(COc1ccccc1)n2C(=O)c1ccc(Cl)cc1. The lowest BCUT2D eigenvalue weighted by molar-refractivity contribution is -0.107. The molecule has 0 saturated carbocycles. The molecule has 0 atom stereocenters. The van der Waals surface area contributed by atoms with Crippen LogP contribution >= 0.6 is 11.6 Å². The molecule has 170 valence electrons. The van der Waals surface area contributed by atoms with Crippen LogP contribution in [0.15, 0.2) is 72.8 Å². The summed E-state index contributed by atoms with van der Waals surface area (Å²) in [7, 11) is 2.58. The van der Waals surface area contributed by atoms with Crippen molar-refractivity contribution >= 4 is 34.7 Å². The lowest BCUT2D eigenvalue weighted by Crippen LogP contribution is -2.17. The molecule has 6 nitrogen and oxygen atoms in total. The van der Waals surface area contributed by atoms with Gasteiger partial charge in [-0.1, -0.05) is 29.8 Å². The molecule has 1 heterocycles. The lowest BCUT2D eigenvalue weighted by Gasteiger charge is -2.12. The number of carbonyl (C=O) groups is 2. The third-order valence-electron chi connectivity index (χ3n) is 5.09. The fourth-order valence-corrected chi connectivity index (χ4v) is 3.73. The van der Waals surface area contributed by atoms with Crippen LogP contribution in [0.5, 0.6) is 11.5 Å². The van der Waals surface area contributed by atoms with E-state index in [9.17, 15) is 9.59 Å². The van der Waals surface area contributed by atoms with Gasteiger partial charge >= 0.3 is 0 Å². The van der Waals surface area contributed by atoms with Crippen LogP contribution in [-0.2, 0) is 17.8 Å². The monoisotopic (exact) mass is 465 g/mol. The smallest absolute Gasteiger partial charge is 0.262 e. The number of aldehydes is 1. The molecular weight excluding hydrogens is 442 g/mol. The second-order valence-corrected chi connectivity index (χ2v) is 7.36. The molecule has 4 aromatic rings.